The molecular formula is C36H38F3N3O3. The molecule has 2 fully saturated rings. The van der Waals surface area contributed by atoms with Crippen molar-refractivity contribution in [2.24, 2.45) is 0 Å². The zero-order valence-corrected chi connectivity index (χ0v) is 25.6. The number of amides is 2. The first-order valence-corrected chi connectivity index (χ1v) is 15.6. The van der Waals surface area contributed by atoms with Gasteiger partial charge in [-0.2, -0.15) is 4.39 Å². The van der Waals surface area contributed by atoms with Crippen LogP contribution >= 0.6 is 0 Å². The fraction of sp³-hybridized carbons (Fsp3) is 0.389. The van der Waals surface area contributed by atoms with Crippen molar-refractivity contribution in [2.45, 2.75) is 70.6 Å². The van der Waals surface area contributed by atoms with Gasteiger partial charge in [-0.05, 0) is 79.0 Å². The fourth-order valence-corrected chi connectivity index (χ4v) is 6.47. The molecule has 1 aliphatic carbocycles. The van der Waals surface area contributed by atoms with Crippen LogP contribution in [-0.2, 0) is 22.6 Å². The van der Waals surface area contributed by atoms with Gasteiger partial charge in [-0.1, -0.05) is 48.5 Å². The van der Waals surface area contributed by atoms with Gasteiger partial charge in [0.1, 0.15) is 0 Å². The summed E-state index contributed by atoms with van der Waals surface area (Å²) in [6.45, 7) is 5.27. The molecule has 1 saturated heterocycles. The number of nitrogens with zero attached hydrogens (tertiary/aromatic N) is 2. The number of rotatable bonds is 10. The van der Waals surface area contributed by atoms with E-state index in [0.29, 0.717) is 38.9 Å². The monoisotopic (exact) mass is 617 g/mol. The molecule has 1 N–H and O–H groups in total. The van der Waals surface area contributed by atoms with Crippen molar-refractivity contribution in [3.8, 4) is 5.75 Å². The van der Waals surface area contributed by atoms with Crippen LogP contribution in [0, 0.1) is 24.4 Å². The van der Waals surface area contributed by atoms with Gasteiger partial charge in [0.05, 0.1) is 12.6 Å². The number of hydrogen-bond acceptors (Lipinski definition) is 4. The molecule has 0 radical (unpaired) electrons. The minimum atomic E-state index is -1.32. The lowest BCUT2D eigenvalue weighted by molar-refractivity contribution is -0.132. The van der Waals surface area contributed by atoms with Crippen LogP contribution in [0.3, 0.4) is 0 Å². The third-order valence-corrected chi connectivity index (χ3v) is 9.09. The minimum absolute atomic E-state index is 0.0110. The SMILES string of the molecule is CC(=O)N1CC2CC(c3ccc(CCCOc4c(F)ccc(F)c4F)cc3)=C(C(=O)N(Cc3ccccc3C)C3CC3)C(C1)N2. The van der Waals surface area contributed by atoms with Crippen LogP contribution < -0.4 is 10.1 Å². The standard InChI is InChI=1S/C36H38F3N3O3/c1-22-6-3-4-8-26(22)19-42(28-13-14-28)36(44)33-29(18-27-20-41(23(2)43)21-32(33)40-27)25-11-9-24(10-12-25)7-5-17-45-35-31(38)16-15-30(37)34(35)39/h3-4,6,8-12,15-16,27-28,32,40H,5,7,13-14,17-21H2,1-2H3. The van der Waals surface area contributed by atoms with Gasteiger partial charge in [0.25, 0.3) is 5.91 Å². The molecule has 6 rings (SSSR count). The molecule has 0 aromatic heterocycles. The van der Waals surface area contributed by atoms with Crippen LogP contribution in [0.1, 0.15) is 54.9 Å². The molecule has 0 spiro atoms. The third-order valence-electron chi connectivity index (χ3n) is 9.09. The van der Waals surface area contributed by atoms with Gasteiger partial charge in [0, 0.05) is 44.2 Å². The van der Waals surface area contributed by atoms with Gasteiger partial charge in [0.2, 0.25) is 11.7 Å². The van der Waals surface area contributed by atoms with E-state index < -0.39 is 23.2 Å². The lowest BCUT2D eigenvalue weighted by atomic mass is 9.82. The molecule has 2 amide bonds. The number of ether oxygens (including phenoxy) is 1. The molecule has 236 valence electrons. The van der Waals surface area contributed by atoms with Crippen LogP contribution in [0.2, 0.25) is 0 Å². The number of benzene rings is 3. The molecule has 2 heterocycles. The largest absolute Gasteiger partial charge is 0.488 e. The number of nitrogens with one attached hydrogen (secondary N) is 1. The summed E-state index contributed by atoms with van der Waals surface area (Å²) in [6, 6.07) is 17.8. The summed E-state index contributed by atoms with van der Waals surface area (Å²) in [6.07, 6.45) is 3.67. The van der Waals surface area contributed by atoms with Crippen LogP contribution in [0.4, 0.5) is 13.2 Å². The summed E-state index contributed by atoms with van der Waals surface area (Å²) in [4.78, 5) is 30.8. The van der Waals surface area contributed by atoms with Gasteiger partial charge in [0.15, 0.2) is 17.4 Å². The van der Waals surface area contributed by atoms with Crippen LogP contribution in [0.5, 0.6) is 5.75 Å². The first-order valence-electron chi connectivity index (χ1n) is 15.6. The fourth-order valence-electron chi connectivity index (χ4n) is 6.47. The molecule has 2 atom stereocenters. The zero-order chi connectivity index (χ0) is 31.7. The van der Waals surface area contributed by atoms with Gasteiger partial charge in [-0.15, -0.1) is 0 Å². The Bertz CT molecular complexity index is 1620. The van der Waals surface area contributed by atoms with Crippen molar-refractivity contribution in [3.05, 3.63) is 106 Å². The second kappa shape index (κ2) is 13.1. The Balaban J connectivity index is 1.23. The Kier molecular flexibility index (Phi) is 8.99. The van der Waals surface area contributed by atoms with E-state index in [1.54, 1.807) is 6.92 Å². The van der Waals surface area contributed by atoms with Gasteiger partial charge in [-0.3, -0.25) is 9.59 Å². The highest BCUT2D eigenvalue weighted by Gasteiger charge is 2.43. The van der Waals surface area contributed by atoms with E-state index in [4.69, 9.17) is 4.74 Å². The Morgan fingerprint density at radius 1 is 0.978 bits per heavy atom. The molecule has 1 saturated carbocycles. The molecule has 2 aliphatic heterocycles. The number of carbonyl (C=O) groups is 2. The highest BCUT2D eigenvalue weighted by Crippen LogP contribution is 2.37. The summed E-state index contributed by atoms with van der Waals surface area (Å²) >= 11 is 0. The first kappa shape index (κ1) is 30.9. The summed E-state index contributed by atoms with van der Waals surface area (Å²) in [5, 5.41) is 3.64. The Labute approximate surface area is 261 Å². The molecule has 3 aliphatic rings. The molecule has 3 aromatic carbocycles. The predicted octanol–water partition coefficient (Wildman–Crippen LogP) is 5.96. The normalized spacial score (nSPS) is 19.4. The summed E-state index contributed by atoms with van der Waals surface area (Å²) in [5.74, 6) is -4.07. The van der Waals surface area contributed by atoms with E-state index in [1.165, 1.54) is 0 Å². The van der Waals surface area contributed by atoms with Crippen LogP contribution in [-0.4, -0.2) is 59.4 Å². The highest BCUT2D eigenvalue weighted by molar-refractivity contribution is 6.03. The maximum Gasteiger partial charge on any atom is 0.252 e. The topological polar surface area (TPSA) is 61.9 Å². The lowest BCUT2D eigenvalue weighted by Gasteiger charge is -2.44. The lowest BCUT2D eigenvalue weighted by Crippen LogP contribution is -2.61. The molecule has 9 heteroatoms. The van der Waals surface area contributed by atoms with E-state index >= 15 is 0 Å². The third kappa shape index (κ3) is 6.78. The second-order valence-corrected chi connectivity index (χ2v) is 12.3. The molecule has 2 unspecified atom stereocenters. The molecule has 6 nitrogen and oxygen atoms in total. The van der Waals surface area contributed by atoms with Gasteiger partial charge < -0.3 is 19.9 Å². The van der Waals surface area contributed by atoms with E-state index in [2.05, 4.69) is 24.4 Å². The van der Waals surface area contributed by atoms with E-state index in [1.807, 2.05) is 46.2 Å². The van der Waals surface area contributed by atoms with Crippen LogP contribution in [0.15, 0.2) is 66.2 Å². The number of piperazine rings is 1. The van der Waals surface area contributed by atoms with Crippen molar-refractivity contribution in [2.75, 3.05) is 19.7 Å². The molecule has 2 bridgehead atoms. The summed E-state index contributed by atoms with van der Waals surface area (Å²) in [7, 11) is 0. The number of fused-ring (bicyclic) bond motifs is 2. The molecule has 45 heavy (non-hydrogen) atoms. The van der Waals surface area contributed by atoms with E-state index in [9.17, 15) is 22.8 Å². The summed E-state index contributed by atoms with van der Waals surface area (Å²) < 4.78 is 46.5. The van der Waals surface area contributed by atoms with Crippen molar-refractivity contribution < 1.29 is 27.5 Å². The van der Waals surface area contributed by atoms with Crippen molar-refractivity contribution in [3.63, 3.8) is 0 Å². The zero-order valence-electron chi connectivity index (χ0n) is 25.6. The Morgan fingerprint density at radius 2 is 1.71 bits per heavy atom. The molecule has 3 aromatic rings. The quantitative estimate of drug-likeness (QED) is 0.225. The Hall–Kier alpha value is -4.11. The first-order chi connectivity index (χ1) is 21.7. The van der Waals surface area contributed by atoms with E-state index in [0.717, 1.165) is 58.4 Å². The number of hydrogen-bond donors (Lipinski definition) is 1. The predicted molar refractivity (Wildman–Crippen MR) is 166 cm³/mol. The number of halogens is 3. The molecular weight excluding hydrogens is 579 g/mol. The van der Waals surface area contributed by atoms with Crippen molar-refractivity contribution in [1.82, 2.24) is 15.1 Å². The number of carbonyl (C=O) groups excluding carboxylic acids is 2. The highest BCUT2D eigenvalue weighted by atomic mass is 19.2. The second-order valence-electron chi connectivity index (χ2n) is 12.3. The van der Waals surface area contributed by atoms with Crippen LogP contribution in [0.25, 0.3) is 5.57 Å². The number of aryl methyl sites for hydroxylation is 2. The maximum atomic E-state index is 14.5. The Morgan fingerprint density at radius 3 is 2.42 bits per heavy atom. The summed E-state index contributed by atoms with van der Waals surface area (Å²) in [5.41, 5.74) is 6.01. The smallest absolute Gasteiger partial charge is 0.252 e. The average Bonchev–Trinajstić information content (AvgIpc) is 3.87. The average molecular weight is 618 g/mol. The van der Waals surface area contributed by atoms with Crippen molar-refractivity contribution >= 4 is 17.4 Å². The van der Waals surface area contributed by atoms with E-state index in [-0.39, 0.29) is 36.5 Å². The van der Waals surface area contributed by atoms with Crippen molar-refractivity contribution in [1.29, 1.82) is 0 Å². The van der Waals surface area contributed by atoms with Gasteiger partial charge in [-0.25, -0.2) is 8.78 Å². The maximum absolute atomic E-state index is 14.5. The van der Waals surface area contributed by atoms with Gasteiger partial charge >= 0.3 is 0 Å². The minimum Gasteiger partial charge on any atom is -0.488 e.